The molecule has 4 N–H and O–H groups in total. The highest BCUT2D eigenvalue weighted by Gasteiger charge is 2.32. The number of nitrogens with two attached hydrogens (primary N) is 1. The molecule has 0 unspecified atom stereocenters. The second-order valence-electron chi connectivity index (χ2n) is 7.94. The van der Waals surface area contributed by atoms with E-state index in [1.165, 1.54) is 47.6 Å². The van der Waals surface area contributed by atoms with Gasteiger partial charge in [0.25, 0.3) is 16.1 Å². The number of halogens is 3. The number of hydrogen-bond acceptors (Lipinski definition) is 6. The molecule has 9 nitrogen and oxygen atoms in total. The third-order valence-electron chi connectivity index (χ3n) is 5.28. The highest BCUT2D eigenvalue weighted by atomic mass is 32.2. The minimum absolute atomic E-state index is 0.0298. The summed E-state index contributed by atoms with van der Waals surface area (Å²) in [5.41, 5.74) is 3.43. The van der Waals surface area contributed by atoms with Crippen LogP contribution in [-0.2, 0) is 10.2 Å². The first kappa shape index (κ1) is 23.9. The molecule has 1 aromatic carbocycles. The number of pyridine rings is 2. The largest absolute Gasteiger partial charge is 0.297 e. The molecule has 4 rings (SSSR count). The maximum atomic E-state index is 13.8. The van der Waals surface area contributed by atoms with Crippen LogP contribution in [0.15, 0.2) is 42.6 Å². The Bertz CT molecular complexity index is 1350. The first-order valence-electron chi connectivity index (χ1n) is 10.3. The number of hydrogen-bond donors (Lipinski definition) is 3. The molecule has 3 heterocycles. The molecule has 3 aromatic rings. The van der Waals surface area contributed by atoms with E-state index in [9.17, 15) is 26.4 Å². The van der Waals surface area contributed by atoms with Crippen LogP contribution in [0, 0.1) is 5.82 Å². The number of amides is 1. The summed E-state index contributed by atoms with van der Waals surface area (Å²) in [5, 5.41) is 6.92. The van der Waals surface area contributed by atoms with E-state index in [1.807, 2.05) is 4.72 Å². The lowest BCUT2D eigenvalue weighted by Crippen LogP contribution is -2.43. The van der Waals surface area contributed by atoms with Crippen LogP contribution in [0.3, 0.4) is 0 Å². The van der Waals surface area contributed by atoms with Crippen molar-refractivity contribution in [2.45, 2.75) is 25.2 Å². The van der Waals surface area contributed by atoms with Gasteiger partial charge in [-0.2, -0.15) is 8.42 Å². The van der Waals surface area contributed by atoms with Crippen molar-refractivity contribution in [3.05, 3.63) is 54.0 Å². The van der Waals surface area contributed by atoms with Gasteiger partial charge in [-0.1, -0.05) is 0 Å². The van der Waals surface area contributed by atoms with Crippen LogP contribution >= 0.6 is 0 Å². The molecular weight excluding hydrogens is 473 g/mol. The quantitative estimate of drug-likeness (QED) is 0.500. The Balaban J connectivity index is 1.74. The van der Waals surface area contributed by atoms with Crippen molar-refractivity contribution in [2.75, 3.05) is 17.8 Å². The third kappa shape index (κ3) is 5.79. The molecule has 0 radical (unpaired) electrons. The Labute approximate surface area is 193 Å². The smallest absolute Gasteiger partial charge is 0.285 e. The van der Waals surface area contributed by atoms with Crippen LogP contribution in [0.2, 0.25) is 0 Å². The standard InChI is InChI=1S/C21H21F3N6O3S/c22-15-3-2-13-10-16(20(31)28-30-8-1-5-21(23,24)6-9-30)19(27-17(13)12-15)14-4-7-26-18(11-14)29-34(25,32)33/h2-4,7,10-12H,1,5-6,8-9H2,(H,26,29)(H,28,31)(H2,25,32,33). The van der Waals surface area contributed by atoms with E-state index >= 15 is 0 Å². The SMILES string of the molecule is NS(=O)(=O)Nc1cc(-c2nc3cc(F)ccc3cc2C(=O)NN2CCCC(F)(F)CC2)ccn1. The summed E-state index contributed by atoms with van der Waals surface area (Å²) in [6.07, 6.45) is 0.855. The average molecular weight is 494 g/mol. The second kappa shape index (κ2) is 9.16. The zero-order valence-electron chi connectivity index (χ0n) is 17.8. The summed E-state index contributed by atoms with van der Waals surface area (Å²) in [6.45, 7) is 0.221. The minimum atomic E-state index is -4.10. The Morgan fingerprint density at radius 1 is 1.12 bits per heavy atom. The fraction of sp³-hybridized carbons (Fsp3) is 0.286. The predicted octanol–water partition coefficient (Wildman–Crippen LogP) is 2.82. The molecule has 1 fully saturated rings. The molecule has 1 saturated heterocycles. The van der Waals surface area contributed by atoms with Gasteiger partial charge < -0.3 is 0 Å². The van der Waals surface area contributed by atoms with Crippen molar-refractivity contribution >= 4 is 32.8 Å². The highest BCUT2D eigenvalue weighted by molar-refractivity contribution is 7.90. The lowest BCUT2D eigenvalue weighted by Gasteiger charge is -2.22. The van der Waals surface area contributed by atoms with E-state index in [2.05, 4.69) is 15.4 Å². The molecule has 13 heteroatoms. The summed E-state index contributed by atoms with van der Waals surface area (Å²) >= 11 is 0. The number of carbonyl (C=O) groups excluding carboxylic acids is 1. The fourth-order valence-corrected chi connectivity index (χ4v) is 4.10. The van der Waals surface area contributed by atoms with Gasteiger partial charge >= 0.3 is 0 Å². The zero-order valence-corrected chi connectivity index (χ0v) is 18.6. The Hall–Kier alpha value is -3.29. The number of benzene rings is 1. The number of rotatable bonds is 5. The molecule has 0 bridgehead atoms. The molecule has 1 amide bonds. The van der Waals surface area contributed by atoms with Crippen molar-refractivity contribution in [1.82, 2.24) is 20.4 Å². The van der Waals surface area contributed by atoms with Crippen LogP contribution in [0.1, 0.15) is 29.6 Å². The van der Waals surface area contributed by atoms with Crippen LogP contribution in [-0.4, -0.2) is 48.3 Å². The molecule has 1 aliphatic heterocycles. The van der Waals surface area contributed by atoms with Crippen LogP contribution in [0.4, 0.5) is 19.0 Å². The van der Waals surface area contributed by atoms with Crippen molar-refractivity contribution in [3.63, 3.8) is 0 Å². The average Bonchev–Trinajstić information content (AvgIpc) is 2.92. The van der Waals surface area contributed by atoms with Gasteiger partial charge in [0.05, 0.1) is 16.8 Å². The van der Waals surface area contributed by atoms with Gasteiger partial charge in [-0.25, -0.2) is 33.3 Å². The van der Waals surface area contributed by atoms with Crippen molar-refractivity contribution < 1.29 is 26.4 Å². The number of aromatic nitrogens is 2. The lowest BCUT2D eigenvalue weighted by atomic mass is 10.0. The molecular formula is C21H21F3N6O3S. The number of carbonyl (C=O) groups is 1. The Morgan fingerprint density at radius 3 is 2.68 bits per heavy atom. The molecule has 2 aromatic heterocycles. The Morgan fingerprint density at radius 2 is 1.91 bits per heavy atom. The van der Waals surface area contributed by atoms with Gasteiger partial charge in [-0.15, -0.1) is 0 Å². The highest BCUT2D eigenvalue weighted by Crippen LogP contribution is 2.29. The van der Waals surface area contributed by atoms with Gasteiger partial charge in [0, 0.05) is 49.1 Å². The minimum Gasteiger partial charge on any atom is -0.285 e. The normalized spacial score (nSPS) is 16.7. The molecule has 1 aliphatic rings. The molecule has 180 valence electrons. The second-order valence-corrected chi connectivity index (χ2v) is 9.23. The van der Waals surface area contributed by atoms with E-state index in [1.54, 1.807) is 0 Å². The summed E-state index contributed by atoms with van der Waals surface area (Å²) in [6, 6.07) is 8.20. The summed E-state index contributed by atoms with van der Waals surface area (Å²) in [7, 11) is -4.10. The summed E-state index contributed by atoms with van der Waals surface area (Å²) in [5.74, 6) is -4.03. The fourth-order valence-electron chi connectivity index (χ4n) is 3.69. The van der Waals surface area contributed by atoms with Gasteiger partial charge in [0.2, 0.25) is 5.92 Å². The first-order chi connectivity index (χ1) is 16.0. The number of hydrazine groups is 1. The maximum Gasteiger partial charge on any atom is 0.297 e. The number of nitrogens with zero attached hydrogens (tertiary/aromatic N) is 3. The predicted molar refractivity (Wildman–Crippen MR) is 119 cm³/mol. The topological polar surface area (TPSA) is 130 Å². The van der Waals surface area contributed by atoms with Gasteiger partial charge in [0.15, 0.2) is 0 Å². The zero-order chi connectivity index (χ0) is 24.5. The van der Waals surface area contributed by atoms with Crippen molar-refractivity contribution in [2.24, 2.45) is 5.14 Å². The van der Waals surface area contributed by atoms with Gasteiger partial charge in [0.1, 0.15) is 11.6 Å². The van der Waals surface area contributed by atoms with E-state index in [0.29, 0.717) is 10.9 Å². The van der Waals surface area contributed by atoms with Crippen molar-refractivity contribution in [3.8, 4) is 11.3 Å². The lowest BCUT2D eigenvalue weighted by molar-refractivity contribution is -0.0143. The van der Waals surface area contributed by atoms with Gasteiger partial charge in [-0.05, 0) is 36.8 Å². The van der Waals surface area contributed by atoms with Crippen LogP contribution in [0.25, 0.3) is 22.2 Å². The third-order valence-corrected chi connectivity index (χ3v) is 5.78. The molecule has 0 saturated carbocycles. The molecule has 0 spiro atoms. The summed E-state index contributed by atoms with van der Waals surface area (Å²) in [4.78, 5) is 21.5. The number of fused-ring (bicyclic) bond motifs is 1. The van der Waals surface area contributed by atoms with Crippen LogP contribution < -0.4 is 15.3 Å². The first-order valence-corrected chi connectivity index (χ1v) is 11.8. The summed E-state index contributed by atoms with van der Waals surface area (Å²) < 4.78 is 66.0. The van der Waals surface area contributed by atoms with E-state index in [4.69, 9.17) is 5.14 Å². The Kier molecular flexibility index (Phi) is 6.43. The van der Waals surface area contributed by atoms with E-state index < -0.39 is 27.9 Å². The molecule has 0 atom stereocenters. The van der Waals surface area contributed by atoms with Gasteiger partial charge in [-0.3, -0.25) is 14.9 Å². The number of alkyl halides is 2. The van der Waals surface area contributed by atoms with Crippen LogP contribution in [0.5, 0.6) is 0 Å². The van der Waals surface area contributed by atoms with E-state index in [0.717, 1.165) is 0 Å². The van der Waals surface area contributed by atoms with E-state index in [-0.39, 0.29) is 54.9 Å². The number of anilines is 1. The molecule has 0 aliphatic carbocycles. The van der Waals surface area contributed by atoms with Crippen molar-refractivity contribution in [1.29, 1.82) is 0 Å². The number of nitrogens with one attached hydrogen (secondary N) is 2. The monoisotopic (exact) mass is 494 g/mol. The molecule has 34 heavy (non-hydrogen) atoms. The maximum absolute atomic E-state index is 13.8.